The molecule has 1 atom stereocenters. The summed E-state index contributed by atoms with van der Waals surface area (Å²) in [5.74, 6) is 1.39. The molecule has 5 heteroatoms. The van der Waals surface area contributed by atoms with Crippen LogP contribution < -0.4 is 4.74 Å². The van der Waals surface area contributed by atoms with Crippen molar-refractivity contribution in [3.8, 4) is 5.88 Å². The Morgan fingerprint density at radius 2 is 2.38 bits per heavy atom. The predicted molar refractivity (Wildman–Crippen MR) is 82.5 cm³/mol. The molecule has 21 heavy (non-hydrogen) atoms. The number of hydrogen-bond donors (Lipinski definition) is 0. The summed E-state index contributed by atoms with van der Waals surface area (Å²) >= 11 is 0. The molecule has 1 aromatic heterocycles. The van der Waals surface area contributed by atoms with Crippen molar-refractivity contribution in [2.24, 2.45) is 0 Å². The molecule has 0 unspecified atom stereocenters. The van der Waals surface area contributed by atoms with Gasteiger partial charge in [0, 0.05) is 38.5 Å². The normalized spacial score (nSPS) is 18.0. The average Bonchev–Trinajstić information content (AvgIpc) is 2.73. The molecule has 5 nitrogen and oxygen atoms in total. The van der Waals surface area contributed by atoms with Gasteiger partial charge in [-0.2, -0.15) is 4.98 Å². The lowest BCUT2D eigenvalue weighted by molar-refractivity contribution is 0.109. The van der Waals surface area contributed by atoms with Crippen LogP contribution in [0.15, 0.2) is 24.9 Å². The van der Waals surface area contributed by atoms with Crippen molar-refractivity contribution in [3.63, 3.8) is 0 Å². The number of ether oxygens (including phenoxy) is 2. The molecule has 2 rings (SSSR count). The smallest absolute Gasteiger partial charge is 0.216 e. The molecule has 0 aliphatic carbocycles. The number of rotatable bonds is 7. The quantitative estimate of drug-likeness (QED) is 0.721. The topological polar surface area (TPSA) is 47.5 Å². The van der Waals surface area contributed by atoms with Crippen LogP contribution in [0.5, 0.6) is 5.88 Å². The molecule has 0 spiro atoms. The van der Waals surface area contributed by atoms with E-state index < -0.39 is 0 Å². The first kappa shape index (κ1) is 15.9. The van der Waals surface area contributed by atoms with Crippen molar-refractivity contribution < 1.29 is 9.47 Å². The molecule has 0 saturated carbocycles. The molecule has 0 N–H and O–H groups in total. The number of allylic oxidation sites excluding steroid dienone is 1. The van der Waals surface area contributed by atoms with E-state index >= 15 is 0 Å². The van der Waals surface area contributed by atoms with Gasteiger partial charge >= 0.3 is 0 Å². The Kier molecular flexibility index (Phi) is 6.63. The Hall–Kier alpha value is -1.46. The summed E-state index contributed by atoms with van der Waals surface area (Å²) in [6.45, 7) is 10.3. The summed E-state index contributed by atoms with van der Waals surface area (Å²) in [4.78, 5) is 10.8. The Labute approximate surface area is 127 Å². The fraction of sp³-hybridized carbons (Fsp3) is 0.625. The summed E-state index contributed by atoms with van der Waals surface area (Å²) in [5.41, 5.74) is 0. The van der Waals surface area contributed by atoms with E-state index in [1.54, 1.807) is 6.20 Å². The SMILES string of the molecule is C=CCC[C@H](CN1CCCOCC1)Oc1ccnc(C)n1. The molecule has 1 fully saturated rings. The number of aromatic nitrogens is 2. The van der Waals surface area contributed by atoms with Crippen LogP contribution in [0, 0.1) is 6.92 Å². The second-order valence-corrected chi connectivity index (χ2v) is 5.31. The fourth-order valence-corrected chi connectivity index (χ4v) is 2.43. The zero-order valence-electron chi connectivity index (χ0n) is 12.8. The average molecular weight is 291 g/mol. The van der Waals surface area contributed by atoms with Gasteiger partial charge in [0.25, 0.3) is 0 Å². The third-order valence-corrected chi connectivity index (χ3v) is 3.51. The second kappa shape index (κ2) is 8.74. The number of hydrogen-bond acceptors (Lipinski definition) is 5. The molecular formula is C16H25N3O2. The second-order valence-electron chi connectivity index (χ2n) is 5.31. The van der Waals surface area contributed by atoms with Gasteiger partial charge in [0.2, 0.25) is 5.88 Å². The molecule has 0 amide bonds. The molecule has 0 bridgehead atoms. The molecule has 116 valence electrons. The zero-order chi connectivity index (χ0) is 14.9. The minimum absolute atomic E-state index is 0.121. The number of aryl methyl sites for hydroxylation is 1. The van der Waals surface area contributed by atoms with Crippen molar-refractivity contribution in [3.05, 3.63) is 30.7 Å². The largest absolute Gasteiger partial charge is 0.473 e. The van der Waals surface area contributed by atoms with Gasteiger partial charge in [0.1, 0.15) is 11.9 Å². The van der Waals surface area contributed by atoms with Crippen LogP contribution in [0.2, 0.25) is 0 Å². The highest BCUT2D eigenvalue weighted by Crippen LogP contribution is 2.13. The summed E-state index contributed by atoms with van der Waals surface area (Å²) in [6, 6.07) is 1.82. The molecule has 1 aliphatic heterocycles. The first-order chi connectivity index (χ1) is 10.3. The van der Waals surface area contributed by atoms with Gasteiger partial charge in [-0.05, 0) is 26.2 Å². The van der Waals surface area contributed by atoms with E-state index in [1.165, 1.54) is 0 Å². The minimum Gasteiger partial charge on any atom is -0.473 e. The van der Waals surface area contributed by atoms with Crippen LogP contribution in [-0.2, 0) is 4.74 Å². The van der Waals surface area contributed by atoms with Gasteiger partial charge in [-0.1, -0.05) is 6.08 Å². The van der Waals surface area contributed by atoms with E-state index in [4.69, 9.17) is 9.47 Å². The van der Waals surface area contributed by atoms with Crippen LogP contribution in [0.25, 0.3) is 0 Å². The Balaban J connectivity index is 1.94. The highest BCUT2D eigenvalue weighted by Gasteiger charge is 2.17. The van der Waals surface area contributed by atoms with Crippen molar-refractivity contribution in [2.75, 3.05) is 32.8 Å². The molecular weight excluding hydrogens is 266 g/mol. The molecule has 1 saturated heterocycles. The highest BCUT2D eigenvalue weighted by atomic mass is 16.5. The van der Waals surface area contributed by atoms with Gasteiger partial charge in [0.05, 0.1) is 6.61 Å². The summed E-state index contributed by atoms with van der Waals surface area (Å²) < 4.78 is 11.6. The number of nitrogens with zero attached hydrogens (tertiary/aromatic N) is 3. The highest BCUT2D eigenvalue weighted by molar-refractivity contribution is 5.08. The van der Waals surface area contributed by atoms with Gasteiger partial charge in [0.15, 0.2) is 0 Å². The summed E-state index contributed by atoms with van der Waals surface area (Å²) in [6.07, 6.45) is 6.77. The Morgan fingerprint density at radius 1 is 1.48 bits per heavy atom. The van der Waals surface area contributed by atoms with E-state index in [0.717, 1.165) is 57.9 Å². The maximum absolute atomic E-state index is 6.06. The maximum Gasteiger partial charge on any atom is 0.216 e. The Morgan fingerprint density at radius 3 is 3.19 bits per heavy atom. The first-order valence-electron chi connectivity index (χ1n) is 7.65. The third kappa shape index (κ3) is 5.81. The lowest BCUT2D eigenvalue weighted by Gasteiger charge is -2.26. The van der Waals surface area contributed by atoms with Gasteiger partial charge in [-0.25, -0.2) is 4.98 Å². The van der Waals surface area contributed by atoms with Crippen LogP contribution in [-0.4, -0.2) is 53.8 Å². The van der Waals surface area contributed by atoms with E-state index in [-0.39, 0.29) is 6.10 Å². The molecule has 2 heterocycles. The zero-order valence-corrected chi connectivity index (χ0v) is 12.8. The lowest BCUT2D eigenvalue weighted by Crippen LogP contribution is -2.37. The van der Waals surface area contributed by atoms with Gasteiger partial charge in [-0.15, -0.1) is 6.58 Å². The molecule has 1 aromatic rings. The standard InChI is InChI=1S/C16H25N3O2/c1-3-4-6-15(13-19-9-5-11-20-12-10-19)21-16-7-8-17-14(2)18-16/h3,7-8,15H,1,4-6,9-13H2,2H3/t15-/m1/s1. The molecule has 0 radical (unpaired) electrons. The van der Waals surface area contributed by atoms with Crippen molar-refractivity contribution in [1.82, 2.24) is 14.9 Å². The molecule has 0 aromatic carbocycles. The van der Waals surface area contributed by atoms with Gasteiger partial charge in [-0.3, -0.25) is 4.90 Å². The van der Waals surface area contributed by atoms with Crippen molar-refractivity contribution in [1.29, 1.82) is 0 Å². The monoisotopic (exact) mass is 291 g/mol. The summed E-state index contributed by atoms with van der Waals surface area (Å²) in [5, 5.41) is 0. The van der Waals surface area contributed by atoms with Crippen LogP contribution in [0.3, 0.4) is 0 Å². The van der Waals surface area contributed by atoms with E-state index in [2.05, 4.69) is 21.4 Å². The predicted octanol–water partition coefficient (Wildman–Crippen LogP) is 2.22. The maximum atomic E-state index is 6.06. The van der Waals surface area contributed by atoms with Crippen molar-refractivity contribution >= 4 is 0 Å². The van der Waals surface area contributed by atoms with Crippen LogP contribution >= 0.6 is 0 Å². The summed E-state index contributed by atoms with van der Waals surface area (Å²) in [7, 11) is 0. The van der Waals surface area contributed by atoms with Crippen molar-refractivity contribution in [2.45, 2.75) is 32.3 Å². The lowest BCUT2D eigenvalue weighted by atomic mass is 10.2. The first-order valence-corrected chi connectivity index (χ1v) is 7.65. The fourth-order valence-electron chi connectivity index (χ4n) is 2.43. The van der Waals surface area contributed by atoms with Crippen LogP contribution in [0.1, 0.15) is 25.1 Å². The third-order valence-electron chi connectivity index (χ3n) is 3.51. The van der Waals surface area contributed by atoms with E-state index in [9.17, 15) is 0 Å². The minimum atomic E-state index is 0.121. The molecule has 1 aliphatic rings. The van der Waals surface area contributed by atoms with E-state index in [0.29, 0.717) is 5.88 Å². The van der Waals surface area contributed by atoms with E-state index in [1.807, 2.05) is 19.1 Å². The van der Waals surface area contributed by atoms with Crippen LogP contribution in [0.4, 0.5) is 0 Å². The van der Waals surface area contributed by atoms with Gasteiger partial charge < -0.3 is 9.47 Å². The Bertz CT molecular complexity index is 431.